The van der Waals surface area contributed by atoms with E-state index in [1.54, 1.807) is 48.5 Å². The summed E-state index contributed by atoms with van der Waals surface area (Å²) in [6.07, 6.45) is 0. The molecule has 32 heavy (non-hydrogen) atoms. The lowest BCUT2D eigenvalue weighted by molar-refractivity contribution is 0.102. The second-order valence-electron chi connectivity index (χ2n) is 6.69. The van der Waals surface area contributed by atoms with Crippen molar-refractivity contribution in [2.75, 3.05) is 31.1 Å². The summed E-state index contributed by atoms with van der Waals surface area (Å²) < 4.78 is 49.5. The van der Waals surface area contributed by atoms with Crippen molar-refractivity contribution < 1.29 is 32.2 Å². The normalized spacial score (nSPS) is 12.2. The van der Waals surface area contributed by atoms with Gasteiger partial charge in [-0.05, 0) is 54.6 Å². The summed E-state index contributed by atoms with van der Waals surface area (Å²) in [6.45, 7) is 0.0293. The van der Waals surface area contributed by atoms with Gasteiger partial charge >= 0.3 is 0 Å². The van der Waals surface area contributed by atoms with Gasteiger partial charge in [0.05, 0.1) is 19.8 Å². The monoisotopic (exact) mass is 456 g/mol. The summed E-state index contributed by atoms with van der Waals surface area (Å²) in [7, 11) is -1.13. The van der Waals surface area contributed by atoms with E-state index in [1.807, 2.05) is 0 Å². The van der Waals surface area contributed by atoms with E-state index in [0.29, 0.717) is 22.9 Å². The Morgan fingerprint density at radius 2 is 1.69 bits per heavy atom. The van der Waals surface area contributed by atoms with Gasteiger partial charge in [-0.1, -0.05) is 6.07 Å². The quantitative estimate of drug-likeness (QED) is 0.560. The van der Waals surface area contributed by atoms with Gasteiger partial charge in [0.1, 0.15) is 16.4 Å². The molecule has 0 unspecified atom stereocenters. The highest BCUT2D eigenvalue weighted by Gasteiger charge is 2.24. The maximum atomic E-state index is 13.0. The SMILES string of the molecule is COc1ccc(NS(=O)(=O)c2cc(NC(=O)c3cccc4c3OCO4)ccc2OC)cc1. The molecule has 166 valence electrons. The van der Waals surface area contributed by atoms with Crippen LogP contribution in [0.25, 0.3) is 0 Å². The molecule has 3 aromatic carbocycles. The number of methoxy groups -OCH3 is 2. The van der Waals surface area contributed by atoms with Gasteiger partial charge in [-0.15, -0.1) is 0 Å². The molecule has 0 spiro atoms. The van der Waals surface area contributed by atoms with Gasteiger partial charge in [-0.25, -0.2) is 8.42 Å². The van der Waals surface area contributed by atoms with E-state index in [4.69, 9.17) is 18.9 Å². The van der Waals surface area contributed by atoms with Crippen LogP contribution in [0.1, 0.15) is 10.4 Å². The number of carbonyl (C=O) groups excluding carboxylic acids is 1. The number of benzene rings is 3. The van der Waals surface area contributed by atoms with Crippen LogP contribution >= 0.6 is 0 Å². The number of sulfonamides is 1. The molecular formula is C22H20N2O7S. The van der Waals surface area contributed by atoms with Gasteiger partial charge < -0.3 is 24.3 Å². The van der Waals surface area contributed by atoms with E-state index in [-0.39, 0.29) is 28.7 Å². The van der Waals surface area contributed by atoms with Gasteiger partial charge in [0, 0.05) is 11.4 Å². The van der Waals surface area contributed by atoms with E-state index in [9.17, 15) is 13.2 Å². The number of carbonyl (C=O) groups is 1. The molecule has 3 aromatic rings. The van der Waals surface area contributed by atoms with E-state index < -0.39 is 15.9 Å². The largest absolute Gasteiger partial charge is 0.497 e. The number of ether oxygens (including phenoxy) is 4. The molecule has 0 fully saturated rings. The Balaban J connectivity index is 1.61. The Labute approximate surface area is 184 Å². The molecule has 1 aliphatic heterocycles. The molecule has 1 aliphatic rings. The van der Waals surface area contributed by atoms with E-state index in [1.165, 1.54) is 26.4 Å². The topological polar surface area (TPSA) is 112 Å². The van der Waals surface area contributed by atoms with Crippen LogP contribution in [0, 0.1) is 0 Å². The number of rotatable bonds is 7. The van der Waals surface area contributed by atoms with Crippen LogP contribution in [-0.4, -0.2) is 35.3 Å². The van der Waals surface area contributed by atoms with Gasteiger partial charge in [-0.2, -0.15) is 0 Å². The highest BCUT2D eigenvalue weighted by Crippen LogP contribution is 2.36. The Morgan fingerprint density at radius 3 is 2.41 bits per heavy atom. The summed E-state index contributed by atoms with van der Waals surface area (Å²) in [4.78, 5) is 12.7. The molecule has 0 bridgehead atoms. The molecule has 10 heteroatoms. The Morgan fingerprint density at radius 1 is 0.938 bits per heavy atom. The standard InChI is InChI=1S/C22H20N2O7S/c1-28-16-9-6-14(7-10-16)24-32(26,27)20-12-15(8-11-18(20)29-2)23-22(25)17-4-3-5-19-21(17)31-13-30-19/h3-12,24H,13H2,1-2H3,(H,23,25). The fourth-order valence-corrected chi connectivity index (χ4v) is 4.40. The lowest BCUT2D eigenvalue weighted by atomic mass is 10.1. The Hall–Kier alpha value is -3.92. The van der Waals surface area contributed by atoms with Gasteiger partial charge in [0.25, 0.3) is 15.9 Å². The molecule has 0 aromatic heterocycles. The first-order chi connectivity index (χ1) is 15.4. The van der Waals surface area contributed by atoms with Crippen molar-refractivity contribution in [3.05, 3.63) is 66.2 Å². The summed E-state index contributed by atoms with van der Waals surface area (Å²) in [6, 6.07) is 15.7. The number of para-hydroxylation sites is 1. The predicted molar refractivity (Wildman–Crippen MR) is 117 cm³/mol. The molecule has 2 N–H and O–H groups in total. The number of amides is 1. The molecular weight excluding hydrogens is 436 g/mol. The molecule has 0 aliphatic carbocycles. The minimum absolute atomic E-state index is 0.0293. The second kappa shape index (κ2) is 8.67. The van der Waals surface area contributed by atoms with Crippen molar-refractivity contribution in [2.45, 2.75) is 4.90 Å². The average Bonchev–Trinajstić information content (AvgIpc) is 3.28. The van der Waals surface area contributed by atoms with Crippen molar-refractivity contribution in [2.24, 2.45) is 0 Å². The zero-order valence-corrected chi connectivity index (χ0v) is 18.1. The number of fused-ring (bicyclic) bond motifs is 1. The fourth-order valence-electron chi connectivity index (χ4n) is 3.14. The van der Waals surface area contributed by atoms with E-state index in [2.05, 4.69) is 10.0 Å². The van der Waals surface area contributed by atoms with Crippen LogP contribution in [0.5, 0.6) is 23.0 Å². The third-order valence-electron chi connectivity index (χ3n) is 4.69. The number of anilines is 2. The number of hydrogen-bond acceptors (Lipinski definition) is 7. The summed E-state index contributed by atoms with van der Waals surface area (Å²) in [5.41, 5.74) is 0.887. The first-order valence-electron chi connectivity index (χ1n) is 9.46. The smallest absolute Gasteiger partial charge is 0.265 e. The van der Waals surface area contributed by atoms with E-state index in [0.717, 1.165) is 0 Å². The molecule has 0 radical (unpaired) electrons. The summed E-state index contributed by atoms with van der Waals surface area (Å²) in [5.74, 6) is 1.06. The first-order valence-corrected chi connectivity index (χ1v) is 10.9. The van der Waals surface area contributed by atoms with Crippen LogP contribution in [0.3, 0.4) is 0 Å². The zero-order chi connectivity index (χ0) is 22.7. The van der Waals surface area contributed by atoms with Crippen LogP contribution in [0.15, 0.2) is 65.6 Å². The first kappa shape index (κ1) is 21.3. The minimum atomic E-state index is -4.02. The Kier molecular flexibility index (Phi) is 5.78. The predicted octanol–water partition coefficient (Wildman–Crippen LogP) is 3.49. The highest BCUT2D eigenvalue weighted by molar-refractivity contribution is 7.92. The number of nitrogens with one attached hydrogen (secondary N) is 2. The molecule has 0 saturated heterocycles. The lowest BCUT2D eigenvalue weighted by Gasteiger charge is -2.14. The maximum absolute atomic E-state index is 13.0. The van der Waals surface area contributed by atoms with Crippen LogP contribution in [-0.2, 0) is 10.0 Å². The molecule has 1 amide bonds. The fraction of sp³-hybridized carbons (Fsp3) is 0.136. The molecule has 0 saturated carbocycles. The van der Waals surface area contributed by atoms with Crippen molar-refractivity contribution in [3.8, 4) is 23.0 Å². The highest BCUT2D eigenvalue weighted by atomic mass is 32.2. The number of hydrogen-bond donors (Lipinski definition) is 2. The van der Waals surface area contributed by atoms with Crippen LogP contribution in [0.2, 0.25) is 0 Å². The Bertz CT molecular complexity index is 1260. The maximum Gasteiger partial charge on any atom is 0.265 e. The van der Waals surface area contributed by atoms with Crippen molar-refractivity contribution in [3.63, 3.8) is 0 Å². The van der Waals surface area contributed by atoms with Gasteiger partial charge in [-0.3, -0.25) is 9.52 Å². The van der Waals surface area contributed by atoms with Crippen LogP contribution < -0.4 is 29.0 Å². The molecule has 0 atom stereocenters. The molecule has 9 nitrogen and oxygen atoms in total. The van der Waals surface area contributed by atoms with E-state index >= 15 is 0 Å². The van der Waals surface area contributed by atoms with Gasteiger partial charge in [0.15, 0.2) is 11.5 Å². The second-order valence-corrected chi connectivity index (χ2v) is 8.34. The third-order valence-corrected chi connectivity index (χ3v) is 6.10. The average molecular weight is 456 g/mol. The lowest BCUT2D eigenvalue weighted by Crippen LogP contribution is -2.16. The van der Waals surface area contributed by atoms with Gasteiger partial charge in [0.2, 0.25) is 6.79 Å². The van der Waals surface area contributed by atoms with Crippen molar-refractivity contribution in [1.82, 2.24) is 0 Å². The zero-order valence-electron chi connectivity index (χ0n) is 17.2. The molecule has 1 heterocycles. The van der Waals surface area contributed by atoms with Crippen molar-refractivity contribution in [1.29, 1.82) is 0 Å². The minimum Gasteiger partial charge on any atom is -0.497 e. The summed E-state index contributed by atoms with van der Waals surface area (Å²) >= 11 is 0. The third kappa shape index (κ3) is 4.26. The summed E-state index contributed by atoms with van der Waals surface area (Å²) in [5, 5.41) is 2.69. The van der Waals surface area contributed by atoms with Crippen molar-refractivity contribution >= 4 is 27.3 Å². The molecule has 4 rings (SSSR count). The van der Waals surface area contributed by atoms with Crippen LogP contribution in [0.4, 0.5) is 11.4 Å².